The molecule has 1 atom stereocenters. The highest BCUT2D eigenvalue weighted by Crippen LogP contribution is 2.31. The molecule has 186 valence electrons. The SMILES string of the molecule is CN=C(NCC1(N2CCCCC2)CCN(C)CC1)NC1CCCN(c2cccc(F)c2)C1.I. The van der Waals surface area contributed by atoms with Crippen LogP contribution in [-0.2, 0) is 0 Å². The van der Waals surface area contributed by atoms with Crippen LogP contribution in [0.5, 0.6) is 0 Å². The van der Waals surface area contributed by atoms with Gasteiger partial charge in [-0.3, -0.25) is 9.89 Å². The summed E-state index contributed by atoms with van der Waals surface area (Å²) in [6.07, 6.45) is 8.64. The number of hydrogen-bond donors (Lipinski definition) is 2. The first-order valence-electron chi connectivity index (χ1n) is 12.5. The van der Waals surface area contributed by atoms with Gasteiger partial charge >= 0.3 is 0 Å². The smallest absolute Gasteiger partial charge is 0.191 e. The van der Waals surface area contributed by atoms with E-state index >= 15 is 0 Å². The van der Waals surface area contributed by atoms with Gasteiger partial charge in [-0.2, -0.15) is 0 Å². The second kappa shape index (κ2) is 12.5. The minimum atomic E-state index is -0.170. The quantitative estimate of drug-likeness (QED) is 0.321. The van der Waals surface area contributed by atoms with Crippen molar-refractivity contribution in [2.45, 2.75) is 56.5 Å². The summed E-state index contributed by atoms with van der Waals surface area (Å²) in [7, 11) is 4.10. The summed E-state index contributed by atoms with van der Waals surface area (Å²) in [4.78, 5) is 12.1. The molecule has 0 spiro atoms. The second-order valence-electron chi connectivity index (χ2n) is 9.91. The third kappa shape index (κ3) is 6.94. The number of anilines is 1. The Morgan fingerprint density at radius 3 is 2.55 bits per heavy atom. The fourth-order valence-corrected chi connectivity index (χ4v) is 5.65. The van der Waals surface area contributed by atoms with Gasteiger partial charge in [-0.25, -0.2) is 4.39 Å². The van der Waals surface area contributed by atoms with E-state index in [0.29, 0.717) is 6.04 Å². The molecule has 8 heteroatoms. The average Bonchev–Trinajstić information content (AvgIpc) is 2.84. The van der Waals surface area contributed by atoms with Crippen LogP contribution in [0.15, 0.2) is 29.3 Å². The first kappa shape index (κ1) is 26.5. The van der Waals surface area contributed by atoms with E-state index in [9.17, 15) is 4.39 Å². The zero-order valence-electron chi connectivity index (χ0n) is 20.4. The summed E-state index contributed by atoms with van der Waals surface area (Å²) in [5.74, 6) is 0.725. The lowest BCUT2D eigenvalue weighted by molar-refractivity contribution is 0.0173. The maximum Gasteiger partial charge on any atom is 0.191 e. The molecule has 3 aliphatic heterocycles. The molecule has 1 unspecified atom stereocenters. The van der Waals surface area contributed by atoms with Gasteiger partial charge in [0.2, 0.25) is 0 Å². The molecule has 2 N–H and O–H groups in total. The molecule has 3 fully saturated rings. The standard InChI is InChI=1S/C25H41FN6.HI/c1-27-24(29-22-9-7-13-31(19-22)23-10-6-8-21(26)18-23)28-20-25(11-16-30(2)17-12-25)32-14-4-3-5-15-32;/h6,8,10,18,22H,3-5,7,9,11-17,19-20H2,1-2H3,(H2,27,28,29);1H. The van der Waals surface area contributed by atoms with Crippen LogP contribution in [0.1, 0.15) is 44.9 Å². The second-order valence-corrected chi connectivity index (χ2v) is 9.91. The molecule has 1 aromatic carbocycles. The van der Waals surface area contributed by atoms with Crippen LogP contribution >= 0.6 is 24.0 Å². The number of aliphatic imine (C=N–C) groups is 1. The number of hydrogen-bond acceptors (Lipinski definition) is 4. The molecule has 0 bridgehead atoms. The van der Waals surface area contributed by atoms with E-state index in [1.54, 1.807) is 12.1 Å². The minimum Gasteiger partial charge on any atom is -0.369 e. The summed E-state index contributed by atoms with van der Waals surface area (Å²) >= 11 is 0. The molecule has 3 aliphatic rings. The number of nitrogens with zero attached hydrogens (tertiary/aromatic N) is 4. The molecular weight excluding hydrogens is 530 g/mol. The van der Waals surface area contributed by atoms with E-state index in [2.05, 4.69) is 37.4 Å². The molecule has 1 aromatic rings. The predicted molar refractivity (Wildman–Crippen MR) is 146 cm³/mol. The van der Waals surface area contributed by atoms with Crippen LogP contribution in [-0.4, -0.2) is 87.2 Å². The Kier molecular flexibility index (Phi) is 10.1. The highest BCUT2D eigenvalue weighted by atomic mass is 127. The predicted octanol–water partition coefficient (Wildman–Crippen LogP) is 3.53. The molecule has 3 saturated heterocycles. The van der Waals surface area contributed by atoms with Crippen molar-refractivity contribution in [1.29, 1.82) is 0 Å². The Hall–Kier alpha value is -1.13. The molecule has 0 amide bonds. The normalized spacial score (nSPS) is 24.8. The number of halogens is 2. The fraction of sp³-hybridized carbons (Fsp3) is 0.720. The van der Waals surface area contributed by atoms with Gasteiger partial charge in [-0.15, -0.1) is 24.0 Å². The molecular formula is C25H42FIN6. The first-order valence-corrected chi connectivity index (χ1v) is 12.5. The first-order chi connectivity index (χ1) is 15.6. The number of likely N-dealkylation sites (tertiary alicyclic amines) is 2. The van der Waals surface area contributed by atoms with E-state index in [-0.39, 0.29) is 35.3 Å². The number of guanidine groups is 1. The summed E-state index contributed by atoms with van der Waals surface area (Å²) in [5, 5.41) is 7.37. The Balaban J connectivity index is 0.00000306. The largest absolute Gasteiger partial charge is 0.369 e. The summed E-state index contributed by atoms with van der Waals surface area (Å²) in [5.41, 5.74) is 1.19. The van der Waals surface area contributed by atoms with E-state index in [1.807, 2.05) is 13.1 Å². The molecule has 0 aliphatic carbocycles. The summed E-state index contributed by atoms with van der Waals surface area (Å²) < 4.78 is 13.7. The van der Waals surface area contributed by atoms with Gasteiger partial charge in [0.05, 0.1) is 0 Å². The Labute approximate surface area is 216 Å². The maximum atomic E-state index is 13.7. The molecule has 0 saturated carbocycles. The van der Waals surface area contributed by atoms with Crippen molar-refractivity contribution in [3.8, 4) is 0 Å². The highest BCUT2D eigenvalue weighted by Gasteiger charge is 2.39. The number of rotatable bonds is 5. The zero-order valence-corrected chi connectivity index (χ0v) is 22.7. The van der Waals surface area contributed by atoms with Crippen LogP contribution in [0.2, 0.25) is 0 Å². The Morgan fingerprint density at radius 1 is 1.09 bits per heavy atom. The fourth-order valence-electron chi connectivity index (χ4n) is 5.65. The number of benzene rings is 1. The molecule has 6 nitrogen and oxygen atoms in total. The zero-order chi connectivity index (χ0) is 22.4. The van der Waals surface area contributed by atoms with Crippen LogP contribution in [0.4, 0.5) is 10.1 Å². The number of nitrogens with one attached hydrogen (secondary N) is 2. The minimum absolute atomic E-state index is 0. The Bertz CT molecular complexity index is 761. The summed E-state index contributed by atoms with van der Waals surface area (Å²) in [6.45, 7) is 7.56. The van der Waals surface area contributed by atoms with Gasteiger partial charge in [0.15, 0.2) is 5.96 Å². The van der Waals surface area contributed by atoms with Gasteiger partial charge in [0.25, 0.3) is 0 Å². The molecule has 0 radical (unpaired) electrons. The van der Waals surface area contributed by atoms with E-state index < -0.39 is 0 Å². The van der Waals surface area contributed by atoms with E-state index in [1.165, 1.54) is 51.3 Å². The lowest BCUT2D eigenvalue weighted by Gasteiger charge is -2.50. The van der Waals surface area contributed by atoms with Crippen molar-refractivity contribution >= 4 is 35.6 Å². The highest BCUT2D eigenvalue weighted by molar-refractivity contribution is 14.0. The van der Waals surface area contributed by atoms with Gasteiger partial charge in [0.1, 0.15) is 5.82 Å². The van der Waals surface area contributed by atoms with Crippen molar-refractivity contribution in [2.75, 3.05) is 64.8 Å². The topological polar surface area (TPSA) is 46.1 Å². The van der Waals surface area contributed by atoms with Crippen LogP contribution in [0, 0.1) is 5.82 Å². The van der Waals surface area contributed by atoms with E-state index in [4.69, 9.17) is 0 Å². The lowest BCUT2D eigenvalue weighted by Crippen LogP contribution is -2.62. The van der Waals surface area contributed by atoms with Crippen LogP contribution in [0.25, 0.3) is 0 Å². The van der Waals surface area contributed by atoms with E-state index in [0.717, 1.165) is 57.2 Å². The lowest BCUT2D eigenvalue weighted by atomic mass is 9.84. The van der Waals surface area contributed by atoms with Crippen molar-refractivity contribution in [3.05, 3.63) is 30.1 Å². The van der Waals surface area contributed by atoms with Crippen molar-refractivity contribution in [3.63, 3.8) is 0 Å². The molecule has 0 aromatic heterocycles. The van der Waals surface area contributed by atoms with Gasteiger partial charge in [-0.1, -0.05) is 12.5 Å². The van der Waals surface area contributed by atoms with Crippen LogP contribution < -0.4 is 15.5 Å². The molecule has 3 heterocycles. The third-order valence-corrected chi connectivity index (χ3v) is 7.69. The number of piperidine rings is 3. The van der Waals surface area contributed by atoms with Crippen molar-refractivity contribution in [1.82, 2.24) is 20.4 Å². The van der Waals surface area contributed by atoms with Crippen molar-refractivity contribution in [2.24, 2.45) is 4.99 Å². The monoisotopic (exact) mass is 572 g/mol. The van der Waals surface area contributed by atoms with Crippen molar-refractivity contribution < 1.29 is 4.39 Å². The van der Waals surface area contributed by atoms with Gasteiger partial charge in [-0.05, 0) is 90.0 Å². The summed E-state index contributed by atoms with van der Waals surface area (Å²) in [6, 6.07) is 7.25. The third-order valence-electron chi connectivity index (χ3n) is 7.69. The Morgan fingerprint density at radius 2 is 1.85 bits per heavy atom. The molecule has 33 heavy (non-hydrogen) atoms. The van der Waals surface area contributed by atoms with Crippen LogP contribution in [0.3, 0.4) is 0 Å². The van der Waals surface area contributed by atoms with Gasteiger partial charge in [0, 0.05) is 44.0 Å². The van der Waals surface area contributed by atoms with Gasteiger partial charge < -0.3 is 20.4 Å². The maximum absolute atomic E-state index is 13.7. The molecule has 4 rings (SSSR count). The average molecular weight is 573 g/mol.